The smallest absolute Gasteiger partial charge is 0.163 e. The van der Waals surface area contributed by atoms with Crippen LogP contribution in [0, 0.1) is 28.4 Å². The van der Waals surface area contributed by atoms with Crippen molar-refractivity contribution in [2.75, 3.05) is 13.2 Å². The molecule has 6 nitrogen and oxygen atoms in total. The SMILES string of the molecule is CC(C)(CCN)C[C@@H]1N[C@@H](C(=O)CCC[C@H]2COC(C)(C)O2)[C@H](c2cccc(Cl)c2F)[C@@]1(C#N)c1ccc(Cl)cc1F. The molecule has 2 aliphatic rings. The highest BCUT2D eigenvalue weighted by atomic mass is 35.5. The monoisotopic (exact) mass is 621 g/mol. The maximum atomic E-state index is 15.8. The van der Waals surface area contributed by atoms with Gasteiger partial charge >= 0.3 is 0 Å². The van der Waals surface area contributed by atoms with Gasteiger partial charge in [0.2, 0.25) is 0 Å². The van der Waals surface area contributed by atoms with E-state index in [4.69, 9.17) is 38.4 Å². The summed E-state index contributed by atoms with van der Waals surface area (Å²) >= 11 is 12.3. The summed E-state index contributed by atoms with van der Waals surface area (Å²) in [7, 11) is 0. The van der Waals surface area contributed by atoms with Crippen LogP contribution in [0.25, 0.3) is 0 Å². The number of halogens is 4. The first-order chi connectivity index (χ1) is 19.7. The molecule has 0 amide bonds. The summed E-state index contributed by atoms with van der Waals surface area (Å²) in [6, 6.07) is 9.30. The fourth-order valence-corrected chi connectivity index (χ4v) is 6.95. The molecule has 5 atom stereocenters. The second kappa shape index (κ2) is 12.9. The number of Topliss-reactive ketones (excluding diaryl/α,β-unsaturated/α-hetero) is 1. The van der Waals surface area contributed by atoms with Crippen LogP contribution in [0.5, 0.6) is 0 Å². The molecule has 0 spiro atoms. The van der Waals surface area contributed by atoms with E-state index in [9.17, 15) is 10.1 Å². The third-order valence-corrected chi connectivity index (χ3v) is 9.10. The average Bonchev–Trinajstić information content (AvgIpc) is 3.42. The van der Waals surface area contributed by atoms with Gasteiger partial charge < -0.3 is 20.5 Å². The van der Waals surface area contributed by atoms with Crippen molar-refractivity contribution >= 4 is 29.0 Å². The molecule has 2 saturated heterocycles. The molecule has 0 unspecified atom stereocenters. The number of carbonyl (C=O) groups excluding carboxylic acids is 1. The third kappa shape index (κ3) is 6.67. The van der Waals surface area contributed by atoms with Gasteiger partial charge in [-0.05, 0) is 75.3 Å². The van der Waals surface area contributed by atoms with E-state index >= 15 is 8.78 Å². The summed E-state index contributed by atoms with van der Waals surface area (Å²) in [5.41, 5.74) is 3.98. The van der Waals surface area contributed by atoms with Gasteiger partial charge in [0.25, 0.3) is 0 Å². The molecular weight excluding hydrogens is 583 g/mol. The molecule has 2 heterocycles. The minimum absolute atomic E-state index is 0.0499. The van der Waals surface area contributed by atoms with Gasteiger partial charge in [-0.25, -0.2) is 8.78 Å². The average molecular weight is 623 g/mol. The van der Waals surface area contributed by atoms with Crippen LogP contribution in [0.3, 0.4) is 0 Å². The maximum absolute atomic E-state index is 15.8. The standard InChI is InChI=1S/C32H39Cl2F2N3O3/c1-30(2,13-14-37)16-26-32(18-38,22-12-11-19(33)15-24(22)35)27(21-8-6-9-23(34)28(21)36)29(39-26)25(40)10-5-7-20-17-41-31(3,4)42-20/h6,8-9,11-12,15,20,26-27,29,39H,5,7,10,13-14,16-17,37H2,1-4H3/t20-,26-,27-,29-,32-/m0/s1. The van der Waals surface area contributed by atoms with Gasteiger partial charge in [-0.2, -0.15) is 5.26 Å². The number of ether oxygens (including phenoxy) is 2. The van der Waals surface area contributed by atoms with Crippen molar-refractivity contribution in [2.24, 2.45) is 11.1 Å². The molecule has 42 heavy (non-hydrogen) atoms. The first-order valence-electron chi connectivity index (χ1n) is 14.4. The lowest BCUT2D eigenvalue weighted by Crippen LogP contribution is -2.45. The molecule has 2 aliphatic heterocycles. The molecular formula is C32H39Cl2F2N3O3. The van der Waals surface area contributed by atoms with Crippen LogP contribution in [0.2, 0.25) is 10.0 Å². The second-order valence-corrected chi connectivity index (χ2v) is 13.5. The number of nitrogens with two attached hydrogens (primary N) is 1. The van der Waals surface area contributed by atoms with Gasteiger partial charge in [0.15, 0.2) is 5.79 Å². The number of hydrogen-bond acceptors (Lipinski definition) is 6. The Morgan fingerprint density at radius 3 is 2.60 bits per heavy atom. The number of nitrogens with one attached hydrogen (secondary N) is 1. The van der Waals surface area contributed by atoms with E-state index in [1.54, 1.807) is 6.07 Å². The van der Waals surface area contributed by atoms with Gasteiger partial charge in [0.05, 0.1) is 29.8 Å². The van der Waals surface area contributed by atoms with E-state index in [-0.39, 0.29) is 44.9 Å². The number of nitrogens with zero attached hydrogens (tertiary/aromatic N) is 1. The van der Waals surface area contributed by atoms with Gasteiger partial charge in [0.1, 0.15) is 22.8 Å². The van der Waals surface area contributed by atoms with Crippen molar-refractivity contribution in [3.63, 3.8) is 0 Å². The van der Waals surface area contributed by atoms with Crippen LogP contribution in [0.4, 0.5) is 8.78 Å². The quantitative estimate of drug-likeness (QED) is 0.286. The van der Waals surface area contributed by atoms with Gasteiger partial charge in [0, 0.05) is 29.0 Å². The lowest BCUT2D eigenvalue weighted by atomic mass is 9.62. The first-order valence-corrected chi connectivity index (χ1v) is 15.1. The largest absolute Gasteiger partial charge is 0.348 e. The molecule has 0 radical (unpaired) electrons. The third-order valence-electron chi connectivity index (χ3n) is 8.57. The number of ketones is 1. The molecule has 0 saturated carbocycles. The molecule has 4 rings (SSSR count). The summed E-state index contributed by atoms with van der Waals surface area (Å²) in [6.45, 7) is 8.55. The lowest BCUT2D eigenvalue weighted by molar-refractivity contribution is -0.139. The fraction of sp³-hybridized carbons (Fsp3) is 0.562. The zero-order valence-electron chi connectivity index (χ0n) is 24.5. The van der Waals surface area contributed by atoms with Gasteiger partial charge in [-0.3, -0.25) is 4.79 Å². The Bertz CT molecular complexity index is 1350. The number of rotatable bonds is 11. The van der Waals surface area contributed by atoms with Crippen molar-refractivity contribution in [1.82, 2.24) is 5.32 Å². The molecule has 0 bridgehead atoms. The first kappa shape index (κ1) is 32.8. The van der Waals surface area contributed by atoms with Crippen LogP contribution in [-0.4, -0.2) is 42.9 Å². The Morgan fingerprint density at radius 2 is 1.98 bits per heavy atom. The Balaban J connectivity index is 1.80. The molecule has 0 aliphatic carbocycles. The van der Waals surface area contributed by atoms with E-state index in [1.807, 2.05) is 27.7 Å². The summed E-state index contributed by atoms with van der Waals surface area (Å²) in [5.74, 6) is -3.39. The number of nitriles is 1. The summed E-state index contributed by atoms with van der Waals surface area (Å²) in [6.07, 6.45) is 2.12. The highest BCUT2D eigenvalue weighted by Crippen LogP contribution is 2.53. The Labute approximate surface area is 256 Å². The number of hydrogen-bond donors (Lipinski definition) is 2. The molecule has 3 N–H and O–H groups in total. The highest BCUT2D eigenvalue weighted by molar-refractivity contribution is 6.31. The minimum Gasteiger partial charge on any atom is -0.348 e. The molecule has 0 aromatic heterocycles. The van der Waals surface area contributed by atoms with E-state index < -0.39 is 40.8 Å². The zero-order chi connectivity index (χ0) is 30.9. The summed E-state index contributed by atoms with van der Waals surface area (Å²) < 4.78 is 43.2. The predicted octanol–water partition coefficient (Wildman–Crippen LogP) is 6.81. The van der Waals surface area contributed by atoms with Crippen LogP contribution >= 0.6 is 23.2 Å². The molecule has 2 fully saturated rings. The van der Waals surface area contributed by atoms with Crippen molar-refractivity contribution < 1.29 is 23.0 Å². The topological polar surface area (TPSA) is 97.4 Å². The molecule has 2 aromatic rings. The Morgan fingerprint density at radius 1 is 1.24 bits per heavy atom. The molecule has 228 valence electrons. The molecule has 2 aromatic carbocycles. The van der Waals surface area contributed by atoms with E-state index in [1.165, 1.54) is 24.3 Å². The Kier molecular flexibility index (Phi) is 10.0. The van der Waals surface area contributed by atoms with E-state index in [0.29, 0.717) is 38.8 Å². The van der Waals surface area contributed by atoms with Crippen molar-refractivity contribution in [2.45, 2.75) is 95.1 Å². The van der Waals surface area contributed by atoms with Gasteiger partial charge in [-0.15, -0.1) is 0 Å². The number of carbonyl (C=O) groups is 1. The number of benzene rings is 2. The minimum atomic E-state index is -1.67. The second-order valence-electron chi connectivity index (χ2n) is 12.6. The van der Waals surface area contributed by atoms with Crippen molar-refractivity contribution in [1.29, 1.82) is 5.26 Å². The van der Waals surface area contributed by atoms with E-state index in [2.05, 4.69) is 11.4 Å². The van der Waals surface area contributed by atoms with Crippen molar-refractivity contribution in [3.05, 3.63) is 69.2 Å². The normalized spacial score (nSPS) is 27.2. The fourth-order valence-electron chi connectivity index (χ4n) is 6.61. The van der Waals surface area contributed by atoms with Crippen LogP contribution in [0.15, 0.2) is 36.4 Å². The predicted molar refractivity (Wildman–Crippen MR) is 159 cm³/mol. The highest BCUT2D eigenvalue weighted by Gasteiger charge is 2.61. The van der Waals surface area contributed by atoms with Crippen LogP contribution < -0.4 is 11.1 Å². The lowest BCUT2D eigenvalue weighted by Gasteiger charge is -2.38. The van der Waals surface area contributed by atoms with Crippen LogP contribution in [0.1, 0.15) is 76.8 Å². The maximum Gasteiger partial charge on any atom is 0.163 e. The molecule has 10 heteroatoms. The van der Waals surface area contributed by atoms with Gasteiger partial charge in [-0.1, -0.05) is 55.2 Å². The van der Waals surface area contributed by atoms with Crippen molar-refractivity contribution in [3.8, 4) is 6.07 Å². The van der Waals surface area contributed by atoms with E-state index in [0.717, 1.165) is 6.07 Å². The summed E-state index contributed by atoms with van der Waals surface area (Å²) in [4.78, 5) is 14.0. The Hall–Kier alpha value is -2.12. The zero-order valence-corrected chi connectivity index (χ0v) is 26.0. The summed E-state index contributed by atoms with van der Waals surface area (Å²) in [5, 5.41) is 14.4. The van der Waals surface area contributed by atoms with Crippen LogP contribution in [-0.2, 0) is 19.7 Å².